The molecule has 2 aromatic carbocycles. The van der Waals surface area contributed by atoms with E-state index >= 15 is 0 Å². The highest BCUT2D eigenvalue weighted by atomic mass is 16.5. The van der Waals surface area contributed by atoms with E-state index in [0.717, 1.165) is 30.9 Å². The maximum Gasteiger partial charge on any atom is 0.295 e. The van der Waals surface area contributed by atoms with Gasteiger partial charge in [0.2, 0.25) is 0 Å². The van der Waals surface area contributed by atoms with E-state index < -0.39 is 17.7 Å². The van der Waals surface area contributed by atoms with Crippen molar-refractivity contribution >= 4 is 17.4 Å². The Morgan fingerprint density at radius 3 is 2.61 bits per heavy atom. The molecule has 0 aromatic heterocycles. The van der Waals surface area contributed by atoms with Crippen LogP contribution in [0.2, 0.25) is 0 Å². The van der Waals surface area contributed by atoms with Crippen LogP contribution in [0.3, 0.4) is 0 Å². The van der Waals surface area contributed by atoms with Crippen molar-refractivity contribution in [2.45, 2.75) is 45.8 Å². The second-order valence-corrected chi connectivity index (χ2v) is 9.26. The van der Waals surface area contributed by atoms with E-state index in [4.69, 9.17) is 9.47 Å². The van der Waals surface area contributed by atoms with Gasteiger partial charge in [0.15, 0.2) is 11.5 Å². The first-order chi connectivity index (χ1) is 17.3. The molecular formula is C28H34N2O6. The summed E-state index contributed by atoms with van der Waals surface area (Å²) in [5, 5.41) is 21.5. The molecule has 0 saturated carbocycles. The molecule has 192 valence electrons. The number of hydrogen-bond donors (Lipinski definition) is 2. The third-order valence-corrected chi connectivity index (χ3v) is 7.00. The lowest BCUT2D eigenvalue weighted by molar-refractivity contribution is -0.140. The number of methoxy groups -OCH3 is 1. The molecule has 2 unspecified atom stereocenters. The van der Waals surface area contributed by atoms with Gasteiger partial charge >= 0.3 is 0 Å². The topological polar surface area (TPSA) is 99.5 Å². The Bertz CT molecular complexity index is 1190. The molecule has 0 radical (unpaired) electrons. The molecule has 1 amide bonds. The SMILES string of the molecule is CCN(CC)CCCN1C(=O)C(=O)/C(=C(\O)c2ccc3c(c2)CC(C)O3)C1c1ccc(O)c(OC)c1. The minimum Gasteiger partial charge on any atom is -0.507 e. The summed E-state index contributed by atoms with van der Waals surface area (Å²) in [5.74, 6) is -0.657. The molecule has 0 aliphatic carbocycles. The van der Waals surface area contributed by atoms with E-state index in [2.05, 4.69) is 18.7 Å². The van der Waals surface area contributed by atoms with Gasteiger partial charge in [-0.2, -0.15) is 0 Å². The van der Waals surface area contributed by atoms with Crippen molar-refractivity contribution in [1.82, 2.24) is 9.80 Å². The number of carbonyl (C=O) groups is 2. The van der Waals surface area contributed by atoms with Crippen LogP contribution in [0.15, 0.2) is 42.0 Å². The van der Waals surface area contributed by atoms with Crippen molar-refractivity contribution < 1.29 is 29.3 Å². The monoisotopic (exact) mass is 494 g/mol. The van der Waals surface area contributed by atoms with Gasteiger partial charge in [-0.3, -0.25) is 9.59 Å². The lowest BCUT2D eigenvalue weighted by Crippen LogP contribution is -2.33. The van der Waals surface area contributed by atoms with Gasteiger partial charge in [0.25, 0.3) is 11.7 Å². The molecule has 2 heterocycles. The number of fused-ring (bicyclic) bond motifs is 1. The Morgan fingerprint density at radius 2 is 1.92 bits per heavy atom. The van der Waals surface area contributed by atoms with Crippen molar-refractivity contribution in [2.24, 2.45) is 0 Å². The van der Waals surface area contributed by atoms with Gasteiger partial charge in [-0.1, -0.05) is 19.9 Å². The number of hydrogen-bond acceptors (Lipinski definition) is 7. The fraction of sp³-hybridized carbons (Fsp3) is 0.429. The van der Waals surface area contributed by atoms with E-state index in [1.54, 1.807) is 24.3 Å². The summed E-state index contributed by atoms with van der Waals surface area (Å²) in [7, 11) is 1.44. The zero-order chi connectivity index (χ0) is 26.0. The second kappa shape index (κ2) is 10.6. The first-order valence-electron chi connectivity index (χ1n) is 12.5. The van der Waals surface area contributed by atoms with Crippen LogP contribution in [0.5, 0.6) is 17.2 Å². The number of aliphatic hydroxyl groups is 1. The Morgan fingerprint density at radius 1 is 1.17 bits per heavy atom. The van der Waals surface area contributed by atoms with Gasteiger partial charge in [0.05, 0.1) is 18.7 Å². The van der Waals surface area contributed by atoms with Gasteiger partial charge in [-0.05, 0) is 74.4 Å². The highest BCUT2D eigenvalue weighted by Crippen LogP contribution is 2.42. The predicted molar refractivity (Wildman–Crippen MR) is 136 cm³/mol. The number of phenols is 1. The number of nitrogens with zero attached hydrogens (tertiary/aromatic N) is 2. The molecule has 2 aliphatic rings. The van der Waals surface area contributed by atoms with Crippen LogP contribution < -0.4 is 9.47 Å². The van der Waals surface area contributed by atoms with Crippen LogP contribution in [0.25, 0.3) is 5.76 Å². The third kappa shape index (κ3) is 4.78. The number of ether oxygens (including phenoxy) is 2. The van der Waals surface area contributed by atoms with Gasteiger partial charge in [-0.25, -0.2) is 0 Å². The number of carbonyl (C=O) groups excluding carboxylic acids is 2. The quantitative estimate of drug-likeness (QED) is 0.310. The standard InChI is InChI=1S/C28H34N2O6/c1-5-29(6-2)12-7-13-30-25(18-8-10-21(31)23(16-18)35-4)24(27(33)28(30)34)26(32)19-9-11-22-20(15-19)14-17(3)36-22/h8-11,15-17,25,31-32H,5-7,12-14H2,1-4H3/b26-24-. The maximum absolute atomic E-state index is 13.3. The summed E-state index contributed by atoms with van der Waals surface area (Å²) in [6, 6.07) is 9.22. The summed E-state index contributed by atoms with van der Waals surface area (Å²) in [4.78, 5) is 30.3. The van der Waals surface area contributed by atoms with E-state index in [9.17, 15) is 19.8 Å². The summed E-state index contributed by atoms with van der Waals surface area (Å²) in [6.07, 6.45) is 1.42. The summed E-state index contributed by atoms with van der Waals surface area (Å²) < 4.78 is 11.0. The van der Waals surface area contributed by atoms with Crippen molar-refractivity contribution in [2.75, 3.05) is 33.3 Å². The average molecular weight is 495 g/mol. The molecule has 1 saturated heterocycles. The smallest absolute Gasteiger partial charge is 0.295 e. The minimum absolute atomic E-state index is 0.0301. The van der Waals surface area contributed by atoms with Gasteiger partial charge in [0, 0.05) is 18.5 Å². The van der Waals surface area contributed by atoms with Crippen LogP contribution in [-0.2, 0) is 16.0 Å². The molecule has 0 bridgehead atoms. The summed E-state index contributed by atoms with van der Waals surface area (Å²) in [6.45, 7) is 9.07. The minimum atomic E-state index is -0.806. The van der Waals surface area contributed by atoms with Gasteiger partial charge < -0.3 is 29.5 Å². The number of likely N-dealkylation sites (tertiary alicyclic amines) is 1. The molecular weight excluding hydrogens is 460 g/mol. The Hall–Kier alpha value is -3.52. The first kappa shape index (κ1) is 25.6. The number of amides is 1. The van der Waals surface area contributed by atoms with Crippen LogP contribution in [0.4, 0.5) is 0 Å². The highest BCUT2D eigenvalue weighted by molar-refractivity contribution is 6.46. The predicted octanol–water partition coefficient (Wildman–Crippen LogP) is 3.88. The molecule has 2 atom stereocenters. The van der Waals surface area contributed by atoms with Crippen molar-refractivity contribution in [3.8, 4) is 17.2 Å². The van der Waals surface area contributed by atoms with Crippen LogP contribution in [-0.4, -0.2) is 71.1 Å². The number of Topliss-reactive ketones (excluding diaryl/α,β-unsaturated/α-hetero) is 1. The number of phenolic OH excluding ortho intramolecular Hbond substituents is 1. The number of aliphatic hydroxyl groups excluding tert-OH is 1. The Balaban J connectivity index is 1.77. The maximum atomic E-state index is 13.3. The average Bonchev–Trinajstić information content (AvgIpc) is 3.37. The molecule has 2 N–H and O–H groups in total. The van der Waals surface area contributed by atoms with Crippen molar-refractivity contribution in [3.05, 3.63) is 58.7 Å². The van der Waals surface area contributed by atoms with E-state index in [0.29, 0.717) is 30.5 Å². The van der Waals surface area contributed by atoms with Crippen molar-refractivity contribution in [1.29, 1.82) is 0 Å². The van der Waals surface area contributed by atoms with Crippen LogP contribution in [0, 0.1) is 0 Å². The Labute approximate surface area is 211 Å². The summed E-state index contributed by atoms with van der Waals surface area (Å²) in [5.41, 5.74) is 2.01. The lowest BCUT2D eigenvalue weighted by Gasteiger charge is -2.27. The molecule has 36 heavy (non-hydrogen) atoms. The Kier molecular flexibility index (Phi) is 7.54. The van der Waals surface area contributed by atoms with Crippen molar-refractivity contribution in [3.63, 3.8) is 0 Å². The zero-order valence-electron chi connectivity index (χ0n) is 21.3. The molecule has 0 spiro atoms. The second-order valence-electron chi connectivity index (χ2n) is 9.26. The highest BCUT2D eigenvalue weighted by Gasteiger charge is 2.46. The fourth-order valence-corrected chi connectivity index (χ4v) is 5.05. The molecule has 8 heteroatoms. The largest absolute Gasteiger partial charge is 0.507 e. The summed E-state index contributed by atoms with van der Waals surface area (Å²) >= 11 is 0. The van der Waals surface area contributed by atoms with E-state index in [1.165, 1.54) is 18.1 Å². The normalized spacial score (nSPS) is 20.6. The van der Waals surface area contributed by atoms with Gasteiger partial charge in [0.1, 0.15) is 17.6 Å². The van der Waals surface area contributed by atoms with E-state index in [-0.39, 0.29) is 28.9 Å². The molecule has 2 aromatic rings. The van der Waals surface area contributed by atoms with Crippen LogP contribution in [0.1, 0.15) is 49.9 Å². The lowest BCUT2D eigenvalue weighted by atomic mass is 9.94. The number of ketones is 1. The van der Waals surface area contributed by atoms with E-state index in [1.807, 2.05) is 13.0 Å². The van der Waals surface area contributed by atoms with Gasteiger partial charge in [-0.15, -0.1) is 0 Å². The number of benzene rings is 2. The first-order valence-corrected chi connectivity index (χ1v) is 12.5. The van der Waals surface area contributed by atoms with Crippen LogP contribution >= 0.6 is 0 Å². The number of rotatable bonds is 9. The molecule has 1 fully saturated rings. The number of aromatic hydroxyl groups is 1. The zero-order valence-corrected chi connectivity index (χ0v) is 21.3. The molecule has 8 nitrogen and oxygen atoms in total. The molecule has 2 aliphatic heterocycles. The third-order valence-electron chi connectivity index (χ3n) is 7.00. The fourth-order valence-electron chi connectivity index (χ4n) is 5.05. The molecule has 4 rings (SSSR count).